The number of aryl methyl sites for hydroxylation is 1. The number of hydrogen-bond donors (Lipinski definition) is 2. The van der Waals surface area contributed by atoms with E-state index in [1.165, 1.54) is 11.1 Å². The number of nitrogens with zero attached hydrogens (tertiary/aromatic N) is 1. The monoisotopic (exact) mass is 574 g/mol. The lowest BCUT2D eigenvalue weighted by Gasteiger charge is -2.45. The third-order valence-electron chi connectivity index (χ3n) is 8.96. The lowest BCUT2D eigenvalue weighted by Crippen LogP contribution is -2.50. The fourth-order valence-corrected chi connectivity index (χ4v) is 7.99. The largest absolute Gasteiger partial charge is 0.490 e. The molecular formula is C29H35ClN2O6S. The van der Waals surface area contributed by atoms with Gasteiger partial charge in [0.15, 0.2) is 0 Å². The number of aliphatic hydroxyl groups excluding tert-OH is 1. The van der Waals surface area contributed by atoms with Crippen LogP contribution in [0.2, 0.25) is 5.02 Å². The first-order valence-corrected chi connectivity index (χ1v) is 15.9. The van der Waals surface area contributed by atoms with Crippen molar-refractivity contribution < 1.29 is 27.8 Å². The van der Waals surface area contributed by atoms with Gasteiger partial charge in [-0.05, 0) is 91.8 Å². The van der Waals surface area contributed by atoms with Gasteiger partial charge in [0.05, 0.1) is 30.8 Å². The maximum absolute atomic E-state index is 13.0. The Labute approximate surface area is 234 Å². The Morgan fingerprint density at radius 2 is 2.00 bits per heavy atom. The van der Waals surface area contributed by atoms with Gasteiger partial charge >= 0.3 is 0 Å². The molecule has 2 aliphatic carbocycles. The van der Waals surface area contributed by atoms with Gasteiger partial charge in [-0.15, -0.1) is 0 Å². The number of carbonyl (C=O) groups is 1. The summed E-state index contributed by atoms with van der Waals surface area (Å²) in [6.07, 6.45) is 4.52. The van der Waals surface area contributed by atoms with Crippen molar-refractivity contribution in [1.29, 1.82) is 0 Å². The number of ether oxygens (including phenoxy) is 2. The molecule has 210 valence electrons. The molecule has 1 fully saturated rings. The molecule has 2 aliphatic heterocycles. The standard InChI is InChI=1S/C29H35ClN2O6S/c30-22-6-8-24-19(13-22)3-1-10-29(24)17-32-15-21-4-7-23(21)26(33)16-37-11-2-12-39(35,36)31-28(34)20-5-9-27(38-18-29)25(32)14-20/h5-6,8-9,13-14,21,23,26,33H,1-4,7,10-12,15-18H2,(H,31,34)/t21-,23+,26+,29-/m0/s1. The molecule has 6 rings (SSSR count). The van der Waals surface area contributed by atoms with Gasteiger partial charge in [0, 0.05) is 35.7 Å². The fraction of sp³-hybridized carbons (Fsp3) is 0.552. The van der Waals surface area contributed by atoms with Crippen LogP contribution in [0.3, 0.4) is 0 Å². The summed E-state index contributed by atoms with van der Waals surface area (Å²) in [6.45, 7) is 2.27. The summed E-state index contributed by atoms with van der Waals surface area (Å²) in [4.78, 5) is 15.3. The van der Waals surface area contributed by atoms with E-state index in [0.29, 0.717) is 25.4 Å². The second-order valence-electron chi connectivity index (χ2n) is 11.5. The Morgan fingerprint density at radius 1 is 1.13 bits per heavy atom. The normalized spacial score (nSPS) is 30.7. The van der Waals surface area contributed by atoms with Gasteiger partial charge in [-0.1, -0.05) is 17.7 Å². The topological polar surface area (TPSA) is 105 Å². The third-order valence-corrected chi connectivity index (χ3v) is 10.5. The van der Waals surface area contributed by atoms with Crippen LogP contribution in [0.1, 0.15) is 53.6 Å². The maximum Gasteiger partial charge on any atom is 0.264 e. The molecule has 0 aromatic heterocycles. The summed E-state index contributed by atoms with van der Waals surface area (Å²) in [6, 6.07) is 11.3. The number of amides is 1. The van der Waals surface area contributed by atoms with Crippen LogP contribution in [-0.4, -0.2) is 64.2 Å². The van der Waals surface area contributed by atoms with Crippen LogP contribution in [0.4, 0.5) is 5.69 Å². The summed E-state index contributed by atoms with van der Waals surface area (Å²) < 4.78 is 39.4. The van der Waals surface area contributed by atoms with Crippen LogP contribution in [0, 0.1) is 11.8 Å². The lowest BCUT2D eigenvalue weighted by molar-refractivity contribution is -0.0417. The van der Waals surface area contributed by atoms with E-state index in [-0.39, 0.29) is 48.2 Å². The lowest BCUT2D eigenvalue weighted by atomic mass is 9.68. The molecule has 8 nitrogen and oxygen atoms in total. The highest BCUT2D eigenvalue weighted by atomic mass is 35.5. The maximum atomic E-state index is 13.0. The molecule has 10 heteroatoms. The summed E-state index contributed by atoms with van der Waals surface area (Å²) in [7, 11) is -3.83. The first-order chi connectivity index (χ1) is 18.7. The quantitative estimate of drug-likeness (QED) is 0.494. The minimum atomic E-state index is -3.83. The van der Waals surface area contributed by atoms with E-state index in [9.17, 15) is 18.3 Å². The van der Waals surface area contributed by atoms with E-state index < -0.39 is 22.0 Å². The van der Waals surface area contributed by atoms with Gasteiger partial charge in [-0.25, -0.2) is 13.1 Å². The summed E-state index contributed by atoms with van der Waals surface area (Å²) >= 11 is 6.36. The zero-order valence-corrected chi connectivity index (χ0v) is 23.5. The van der Waals surface area contributed by atoms with Crippen molar-refractivity contribution in [3.05, 3.63) is 58.1 Å². The average molecular weight is 575 g/mol. The second-order valence-corrected chi connectivity index (χ2v) is 13.8. The van der Waals surface area contributed by atoms with Gasteiger partial charge in [0.1, 0.15) is 5.75 Å². The molecule has 4 aliphatic rings. The van der Waals surface area contributed by atoms with Gasteiger partial charge < -0.3 is 19.5 Å². The van der Waals surface area contributed by atoms with E-state index in [0.717, 1.165) is 42.8 Å². The molecule has 2 bridgehead atoms. The van der Waals surface area contributed by atoms with Gasteiger partial charge in [-0.2, -0.15) is 0 Å². The van der Waals surface area contributed by atoms with Crippen molar-refractivity contribution in [2.24, 2.45) is 11.8 Å². The smallest absolute Gasteiger partial charge is 0.264 e. The van der Waals surface area contributed by atoms with E-state index in [2.05, 4.69) is 21.8 Å². The minimum absolute atomic E-state index is 0.106. The number of hydrogen-bond acceptors (Lipinski definition) is 7. The van der Waals surface area contributed by atoms with Crippen molar-refractivity contribution in [2.75, 3.05) is 43.6 Å². The van der Waals surface area contributed by atoms with Gasteiger partial charge in [0.2, 0.25) is 10.0 Å². The van der Waals surface area contributed by atoms with Crippen LogP contribution in [-0.2, 0) is 26.6 Å². The summed E-state index contributed by atoms with van der Waals surface area (Å²) in [5, 5.41) is 11.6. The number of aliphatic hydroxyl groups is 1. The highest BCUT2D eigenvalue weighted by Gasteiger charge is 2.44. The molecule has 0 unspecified atom stereocenters. The molecule has 1 amide bonds. The third kappa shape index (κ3) is 5.38. The molecule has 2 aromatic carbocycles. The van der Waals surface area contributed by atoms with Crippen molar-refractivity contribution in [3.63, 3.8) is 0 Å². The fourth-order valence-electron chi connectivity index (χ4n) is 6.80. The molecular weight excluding hydrogens is 540 g/mol. The summed E-state index contributed by atoms with van der Waals surface area (Å²) in [5.74, 6) is 0.167. The van der Waals surface area contributed by atoms with Crippen molar-refractivity contribution in [2.45, 2.75) is 50.0 Å². The molecule has 1 saturated carbocycles. The van der Waals surface area contributed by atoms with Crippen molar-refractivity contribution in [3.8, 4) is 5.75 Å². The van der Waals surface area contributed by atoms with Crippen LogP contribution < -0.4 is 14.4 Å². The number of carbonyl (C=O) groups excluding carboxylic acids is 1. The molecule has 4 atom stereocenters. The Hall–Kier alpha value is -2.33. The van der Waals surface area contributed by atoms with E-state index >= 15 is 0 Å². The number of sulfonamides is 1. The van der Waals surface area contributed by atoms with E-state index in [1.54, 1.807) is 18.2 Å². The van der Waals surface area contributed by atoms with Crippen molar-refractivity contribution in [1.82, 2.24) is 4.72 Å². The van der Waals surface area contributed by atoms with Crippen molar-refractivity contribution >= 4 is 33.2 Å². The molecule has 2 N–H and O–H groups in total. The van der Waals surface area contributed by atoms with Crippen LogP contribution in [0.5, 0.6) is 5.75 Å². The Bertz CT molecular complexity index is 1370. The van der Waals surface area contributed by atoms with Crippen LogP contribution in [0.25, 0.3) is 0 Å². The van der Waals surface area contributed by atoms with Gasteiger partial charge in [-0.3, -0.25) is 4.79 Å². The predicted molar refractivity (Wildman–Crippen MR) is 149 cm³/mol. The first kappa shape index (κ1) is 26.9. The number of nitrogens with one attached hydrogen (secondary N) is 1. The van der Waals surface area contributed by atoms with Crippen LogP contribution in [0.15, 0.2) is 36.4 Å². The average Bonchev–Trinajstić information content (AvgIpc) is 3.02. The molecule has 0 saturated heterocycles. The second kappa shape index (κ2) is 10.6. The molecule has 0 radical (unpaired) electrons. The number of fused-ring (bicyclic) bond motifs is 4. The van der Waals surface area contributed by atoms with Crippen LogP contribution >= 0.6 is 11.6 Å². The molecule has 2 heterocycles. The number of benzene rings is 2. The summed E-state index contributed by atoms with van der Waals surface area (Å²) in [5.41, 5.74) is 3.29. The zero-order chi connectivity index (χ0) is 27.2. The molecule has 1 spiro atoms. The Balaban J connectivity index is 1.40. The molecule has 39 heavy (non-hydrogen) atoms. The first-order valence-electron chi connectivity index (χ1n) is 13.8. The predicted octanol–water partition coefficient (Wildman–Crippen LogP) is 3.68. The Kier molecular flexibility index (Phi) is 7.29. The number of rotatable bonds is 0. The SMILES string of the molecule is O=C1NS(=O)(=O)CCCOC[C@@H](O)[C@@H]2CC[C@H]2CN2C[C@@]3(CCCc4cc(Cl)ccc43)COc3ccc1cc32. The highest BCUT2D eigenvalue weighted by Crippen LogP contribution is 2.46. The highest BCUT2D eigenvalue weighted by molar-refractivity contribution is 7.90. The van der Waals surface area contributed by atoms with E-state index in [4.69, 9.17) is 21.1 Å². The zero-order valence-electron chi connectivity index (χ0n) is 21.9. The van der Waals surface area contributed by atoms with Gasteiger partial charge in [0.25, 0.3) is 5.91 Å². The number of halogens is 1. The number of anilines is 1. The Morgan fingerprint density at radius 3 is 2.82 bits per heavy atom. The van der Waals surface area contributed by atoms with E-state index in [1.807, 2.05) is 6.07 Å². The minimum Gasteiger partial charge on any atom is -0.490 e. The molecule has 2 aromatic rings.